The number of carboxylic acids is 1. The Balaban J connectivity index is 1.52. The van der Waals surface area contributed by atoms with Gasteiger partial charge in [0.2, 0.25) is 5.91 Å². The van der Waals surface area contributed by atoms with Gasteiger partial charge in [-0.3, -0.25) is 9.59 Å². The molecule has 184 valence electrons. The van der Waals surface area contributed by atoms with Crippen molar-refractivity contribution in [3.05, 3.63) is 46.3 Å². The second kappa shape index (κ2) is 10.3. The second-order valence-electron chi connectivity index (χ2n) is 11.0. The summed E-state index contributed by atoms with van der Waals surface area (Å²) in [4.78, 5) is 24.4. The molecule has 1 atom stereocenters. The summed E-state index contributed by atoms with van der Waals surface area (Å²) in [5, 5.41) is 16.8. The molecule has 2 aromatic rings. The summed E-state index contributed by atoms with van der Waals surface area (Å²) in [7, 11) is 0. The van der Waals surface area contributed by atoms with Crippen LogP contribution in [0.4, 0.5) is 5.69 Å². The summed E-state index contributed by atoms with van der Waals surface area (Å²) in [6.07, 6.45) is 6.34. The Hall–Kier alpha value is -2.63. The Kier molecular flexibility index (Phi) is 7.44. The van der Waals surface area contributed by atoms with Gasteiger partial charge in [0, 0.05) is 35.9 Å². The van der Waals surface area contributed by atoms with Crippen LogP contribution in [0.2, 0.25) is 0 Å². The van der Waals surface area contributed by atoms with Crippen LogP contribution in [0.3, 0.4) is 0 Å². The number of aromatic nitrogens is 1. The lowest BCUT2D eigenvalue weighted by molar-refractivity contribution is -0.137. The average molecular weight is 467 g/mol. The summed E-state index contributed by atoms with van der Waals surface area (Å²) in [6.45, 7) is 8.54. The minimum absolute atomic E-state index is 0.00764. The van der Waals surface area contributed by atoms with Crippen molar-refractivity contribution in [2.24, 2.45) is 11.8 Å². The van der Waals surface area contributed by atoms with E-state index in [1.165, 1.54) is 12.0 Å². The van der Waals surface area contributed by atoms with Gasteiger partial charge in [-0.15, -0.1) is 0 Å². The van der Waals surface area contributed by atoms with Crippen LogP contribution in [0.1, 0.15) is 111 Å². The minimum Gasteiger partial charge on any atom is -0.481 e. The zero-order valence-corrected chi connectivity index (χ0v) is 20.9. The average Bonchev–Trinajstić information content (AvgIpc) is 3.48. The maximum Gasteiger partial charge on any atom is 0.303 e. The lowest BCUT2D eigenvalue weighted by Crippen LogP contribution is -2.24. The molecule has 0 bridgehead atoms. The van der Waals surface area contributed by atoms with Crippen LogP contribution in [0.15, 0.2) is 22.7 Å². The number of nitrogens with one attached hydrogen (secondary N) is 1. The highest BCUT2D eigenvalue weighted by atomic mass is 16.5. The van der Waals surface area contributed by atoms with Crippen LogP contribution in [0.25, 0.3) is 0 Å². The van der Waals surface area contributed by atoms with E-state index < -0.39 is 5.97 Å². The van der Waals surface area contributed by atoms with Gasteiger partial charge < -0.3 is 14.9 Å². The molecule has 0 aliphatic heterocycles. The Morgan fingerprint density at radius 1 is 1.18 bits per heavy atom. The first kappa shape index (κ1) is 24.5. The molecule has 2 N–H and O–H groups in total. The third-order valence-corrected chi connectivity index (χ3v) is 7.36. The molecule has 1 heterocycles. The van der Waals surface area contributed by atoms with Gasteiger partial charge in [-0.25, -0.2) is 0 Å². The quantitative estimate of drug-likeness (QED) is 0.385. The topological polar surface area (TPSA) is 92.4 Å². The van der Waals surface area contributed by atoms with Crippen LogP contribution in [-0.4, -0.2) is 22.1 Å². The number of carbonyl (C=O) groups excluding carboxylic acids is 1. The number of aryl methyl sites for hydroxylation is 2. The third-order valence-electron chi connectivity index (χ3n) is 7.36. The van der Waals surface area contributed by atoms with E-state index in [2.05, 4.69) is 24.3 Å². The van der Waals surface area contributed by atoms with Gasteiger partial charge in [-0.1, -0.05) is 36.7 Å². The Morgan fingerprint density at radius 3 is 2.53 bits per heavy atom. The first-order valence-corrected chi connectivity index (χ1v) is 12.8. The van der Waals surface area contributed by atoms with Gasteiger partial charge in [0.05, 0.1) is 5.69 Å². The normalized spacial score (nSPS) is 20.7. The molecule has 0 spiro atoms. The van der Waals surface area contributed by atoms with Crippen molar-refractivity contribution in [1.82, 2.24) is 5.16 Å². The Labute approximate surface area is 202 Å². The van der Waals surface area contributed by atoms with Gasteiger partial charge >= 0.3 is 5.97 Å². The SMILES string of the molecule is Cc1ccc(NC(=O)C[C@H](CCC(=O)O)c2noc(C3CC(CC(C)C)C3)c2C2CC2)c(C)c1. The first-order valence-electron chi connectivity index (χ1n) is 12.8. The van der Waals surface area contributed by atoms with Crippen LogP contribution in [0.5, 0.6) is 0 Å². The number of hydrogen-bond donors (Lipinski definition) is 2. The third kappa shape index (κ3) is 5.89. The molecule has 0 unspecified atom stereocenters. The van der Waals surface area contributed by atoms with Crippen LogP contribution < -0.4 is 5.32 Å². The number of nitrogens with zero attached hydrogens (tertiary/aromatic N) is 1. The molecule has 2 aliphatic rings. The van der Waals surface area contributed by atoms with E-state index in [1.807, 2.05) is 32.0 Å². The molecule has 1 aromatic carbocycles. The van der Waals surface area contributed by atoms with Crippen molar-refractivity contribution >= 4 is 17.6 Å². The van der Waals surface area contributed by atoms with Gasteiger partial charge in [0.25, 0.3) is 0 Å². The summed E-state index contributed by atoms with van der Waals surface area (Å²) >= 11 is 0. The molecule has 34 heavy (non-hydrogen) atoms. The maximum absolute atomic E-state index is 13.0. The lowest BCUT2D eigenvalue weighted by atomic mass is 9.69. The lowest BCUT2D eigenvalue weighted by Gasteiger charge is -2.35. The van der Waals surface area contributed by atoms with E-state index in [0.29, 0.717) is 24.2 Å². The fourth-order valence-corrected chi connectivity index (χ4v) is 5.52. The molecule has 2 aliphatic carbocycles. The Morgan fingerprint density at radius 2 is 1.91 bits per heavy atom. The number of anilines is 1. The van der Waals surface area contributed by atoms with E-state index in [1.54, 1.807) is 0 Å². The van der Waals surface area contributed by atoms with Crippen molar-refractivity contribution in [1.29, 1.82) is 0 Å². The van der Waals surface area contributed by atoms with Crippen molar-refractivity contribution in [3.8, 4) is 0 Å². The summed E-state index contributed by atoms with van der Waals surface area (Å²) in [5.41, 5.74) is 4.95. The molecular weight excluding hydrogens is 428 g/mol. The van der Waals surface area contributed by atoms with Crippen molar-refractivity contribution in [2.75, 3.05) is 5.32 Å². The number of amides is 1. The van der Waals surface area contributed by atoms with Crippen molar-refractivity contribution < 1.29 is 19.2 Å². The number of aliphatic carboxylic acids is 1. The molecule has 1 aromatic heterocycles. The van der Waals surface area contributed by atoms with Gasteiger partial charge in [-0.05, 0) is 81.8 Å². The number of benzene rings is 1. The molecule has 6 nitrogen and oxygen atoms in total. The molecule has 0 radical (unpaired) electrons. The van der Waals surface area contributed by atoms with Crippen LogP contribution in [-0.2, 0) is 9.59 Å². The van der Waals surface area contributed by atoms with Gasteiger partial charge in [0.1, 0.15) is 5.76 Å². The number of carbonyl (C=O) groups is 2. The molecule has 6 heteroatoms. The van der Waals surface area contributed by atoms with E-state index >= 15 is 0 Å². The first-order chi connectivity index (χ1) is 16.2. The molecule has 0 saturated heterocycles. The largest absolute Gasteiger partial charge is 0.481 e. The van der Waals surface area contributed by atoms with Crippen LogP contribution in [0, 0.1) is 25.7 Å². The van der Waals surface area contributed by atoms with Crippen molar-refractivity contribution in [3.63, 3.8) is 0 Å². The smallest absolute Gasteiger partial charge is 0.303 e. The standard InChI is InChI=1S/C28H38N2O4/c1-16(2)11-19-13-22(14-19)28-26(20-6-7-20)27(30-34-28)21(8-10-25(32)33)15-24(31)29-23-9-5-17(3)12-18(23)4/h5,9,12,16,19-22H,6-8,10-11,13-15H2,1-4H3,(H,29,31)(H,32,33)/t19?,21-,22?/m0/s1. The monoisotopic (exact) mass is 466 g/mol. The fourth-order valence-electron chi connectivity index (χ4n) is 5.52. The Bertz CT molecular complexity index is 1030. The maximum atomic E-state index is 13.0. The zero-order valence-electron chi connectivity index (χ0n) is 20.9. The predicted molar refractivity (Wildman–Crippen MR) is 132 cm³/mol. The van der Waals surface area contributed by atoms with Crippen LogP contribution >= 0.6 is 0 Å². The van der Waals surface area contributed by atoms with E-state index in [0.717, 1.165) is 59.9 Å². The highest BCUT2D eigenvalue weighted by Gasteiger charge is 2.41. The number of hydrogen-bond acceptors (Lipinski definition) is 4. The fraction of sp³-hybridized carbons (Fsp3) is 0.607. The summed E-state index contributed by atoms with van der Waals surface area (Å²) in [6, 6.07) is 5.94. The van der Waals surface area contributed by atoms with Crippen molar-refractivity contribution in [2.45, 2.75) is 96.8 Å². The molecule has 2 fully saturated rings. The summed E-state index contributed by atoms with van der Waals surface area (Å²) in [5.74, 6) is 2.07. The molecular formula is C28H38N2O4. The van der Waals surface area contributed by atoms with E-state index in [9.17, 15) is 14.7 Å². The second-order valence-corrected chi connectivity index (χ2v) is 11.0. The molecule has 1 amide bonds. The number of carboxylic acid groups (broad SMARTS) is 1. The highest BCUT2D eigenvalue weighted by Crippen LogP contribution is 2.52. The number of rotatable bonds is 11. The zero-order chi connectivity index (χ0) is 24.4. The van der Waals surface area contributed by atoms with Gasteiger partial charge in [-0.2, -0.15) is 0 Å². The molecule has 4 rings (SSSR count). The minimum atomic E-state index is -0.855. The predicted octanol–water partition coefficient (Wildman–Crippen LogP) is 6.69. The summed E-state index contributed by atoms with van der Waals surface area (Å²) < 4.78 is 5.95. The van der Waals surface area contributed by atoms with Gasteiger partial charge in [0.15, 0.2) is 0 Å². The van der Waals surface area contributed by atoms with E-state index in [-0.39, 0.29) is 24.7 Å². The van der Waals surface area contributed by atoms with E-state index in [4.69, 9.17) is 4.52 Å². The molecule has 2 saturated carbocycles. The highest BCUT2D eigenvalue weighted by molar-refractivity contribution is 5.92.